The number of hydrogen-bond acceptors (Lipinski definition) is 2. The van der Waals surface area contributed by atoms with Gasteiger partial charge in [0, 0.05) is 22.2 Å². The zero-order valence-corrected chi connectivity index (χ0v) is 32.2. The van der Waals surface area contributed by atoms with Crippen molar-refractivity contribution in [3.8, 4) is 44.5 Å². The third-order valence-electron chi connectivity index (χ3n) is 12.8. The van der Waals surface area contributed by atoms with Gasteiger partial charge in [0.15, 0.2) is 0 Å². The Bertz CT molecular complexity index is 2840. The van der Waals surface area contributed by atoms with E-state index in [0.29, 0.717) is 0 Å². The maximum absolute atomic E-state index is 2.50. The van der Waals surface area contributed by atoms with Crippen LogP contribution >= 0.6 is 0 Å². The first kappa shape index (κ1) is 32.8. The number of benzene rings is 8. The smallest absolute Gasteiger partial charge is 0.0504 e. The predicted octanol–water partition coefficient (Wildman–Crippen LogP) is 14.9. The summed E-state index contributed by atoms with van der Waals surface area (Å²) in [6.07, 6.45) is 0. The van der Waals surface area contributed by atoms with Crippen molar-refractivity contribution in [2.24, 2.45) is 0 Å². The Kier molecular flexibility index (Phi) is 6.98. The van der Waals surface area contributed by atoms with E-state index in [4.69, 9.17) is 0 Å². The molecule has 0 fully saturated rings. The Labute approximate surface area is 330 Å². The van der Waals surface area contributed by atoms with Crippen LogP contribution in [-0.4, -0.2) is 0 Å². The molecule has 0 saturated carbocycles. The van der Waals surface area contributed by atoms with Gasteiger partial charge in [-0.15, -0.1) is 0 Å². The van der Waals surface area contributed by atoms with E-state index < -0.39 is 0 Å². The molecule has 0 unspecified atom stereocenters. The van der Waals surface area contributed by atoms with E-state index in [1.165, 1.54) is 95.2 Å². The van der Waals surface area contributed by atoms with Crippen molar-refractivity contribution < 1.29 is 0 Å². The minimum Gasteiger partial charge on any atom is -0.310 e. The molecule has 0 bridgehead atoms. The summed E-state index contributed by atoms with van der Waals surface area (Å²) in [6.45, 7) is 9.48. The normalized spacial score (nSPS) is 15.0. The number of fused-ring (bicyclic) bond motifs is 12. The molecule has 268 valence electrons. The highest BCUT2D eigenvalue weighted by molar-refractivity contribution is 6.04. The molecule has 8 aromatic carbocycles. The minimum absolute atomic E-state index is 0.113. The molecule has 2 nitrogen and oxygen atoms in total. The van der Waals surface area contributed by atoms with Crippen molar-refractivity contribution in [3.05, 3.63) is 204 Å². The molecule has 0 saturated heterocycles. The summed E-state index contributed by atoms with van der Waals surface area (Å²) >= 11 is 0. The minimum atomic E-state index is -0.245. The van der Waals surface area contributed by atoms with E-state index in [0.717, 1.165) is 5.69 Å². The second-order valence-electron chi connectivity index (χ2n) is 16.5. The van der Waals surface area contributed by atoms with Gasteiger partial charge in [-0.1, -0.05) is 161 Å². The maximum atomic E-state index is 2.50. The molecule has 2 aliphatic heterocycles. The number of hydrogen-bond donors (Lipinski definition) is 0. The van der Waals surface area contributed by atoms with E-state index in [1.807, 2.05) is 0 Å². The van der Waals surface area contributed by atoms with Crippen LogP contribution in [0.5, 0.6) is 0 Å². The van der Waals surface area contributed by atoms with Crippen LogP contribution in [0.15, 0.2) is 182 Å². The number of anilines is 6. The molecule has 2 heteroatoms. The fourth-order valence-electron chi connectivity index (χ4n) is 10.0. The van der Waals surface area contributed by atoms with E-state index in [-0.39, 0.29) is 10.8 Å². The Morgan fingerprint density at radius 3 is 1.02 bits per heavy atom. The monoisotopic (exact) mass is 718 g/mol. The molecule has 56 heavy (non-hydrogen) atoms. The van der Waals surface area contributed by atoms with Gasteiger partial charge in [0.2, 0.25) is 0 Å². The van der Waals surface area contributed by atoms with Crippen LogP contribution in [-0.2, 0) is 10.8 Å². The highest BCUT2D eigenvalue weighted by Crippen LogP contribution is 2.57. The molecule has 11 rings (SSSR count). The molecule has 2 heterocycles. The van der Waals surface area contributed by atoms with Crippen LogP contribution < -0.4 is 9.80 Å². The van der Waals surface area contributed by atoms with Crippen molar-refractivity contribution in [2.45, 2.75) is 38.5 Å². The standard InChI is InChI=1S/C54H42N2/c1-53(2)45-23-11-14-26-49(45)56(50-27-15-12-24-46(50)53)36-30-32-52-48(34-36)54(3,4)47-25-13-16-28-51(47)55(52)35-29-31-43-41-21-8-7-19-39(41)37-17-5-6-18-38(37)40-20-9-10-22-42(40)44(43)33-35/h5-34H,1-4H3. The summed E-state index contributed by atoms with van der Waals surface area (Å²) in [5.74, 6) is 0. The Balaban J connectivity index is 1.14. The first-order valence-electron chi connectivity index (χ1n) is 19.8. The van der Waals surface area contributed by atoms with Crippen molar-refractivity contribution in [1.82, 2.24) is 0 Å². The molecule has 0 spiro atoms. The van der Waals surface area contributed by atoms with Crippen LogP contribution in [0.3, 0.4) is 0 Å². The maximum Gasteiger partial charge on any atom is 0.0504 e. The Morgan fingerprint density at radius 1 is 0.268 bits per heavy atom. The lowest BCUT2D eigenvalue weighted by atomic mass is 9.72. The van der Waals surface area contributed by atoms with Crippen LogP contribution in [0.1, 0.15) is 49.9 Å². The summed E-state index contributed by atoms with van der Waals surface area (Å²) in [7, 11) is 0. The molecule has 0 amide bonds. The molecule has 0 radical (unpaired) electrons. The van der Waals surface area contributed by atoms with E-state index in [9.17, 15) is 0 Å². The summed E-state index contributed by atoms with van der Waals surface area (Å²) in [5, 5.41) is 0. The lowest BCUT2D eigenvalue weighted by Gasteiger charge is -2.44. The summed E-state index contributed by atoms with van der Waals surface area (Å²) in [5.41, 5.74) is 22.2. The fourth-order valence-corrected chi connectivity index (χ4v) is 10.0. The van der Waals surface area contributed by atoms with Gasteiger partial charge in [-0.2, -0.15) is 0 Å². The van der Waals surface area contributed by atoms with E-state index >= 15 is 0 Å². The summed E-state index contributed by atoms with van der Waals surface area (Å²) < 4.78 is 0. The summed E-state index contributed by atoms with van der Waals surface area (Å²) in [6, 6.07) is 67.8. The van der Waals surface area contributed by atoms with Crippen LogP contribution in [0.2, 0.25) is 0 Å². The van der Waals surface area contributed by atoms with Gasteiger partial charge >= 0.3 is 0 Å². The van der Waals surface area contributed by atoms with E-state index in [2.05, 4.69) is 219 Å². The highest BCUT2D eigenvalue weighted by atomic mass is 15.2. The Hall–Kier alpha value is -6.64. The van der Waals surface area contributed by atoms with Gasteiger partial charge in [0.25, 0.3) is 0 Å². The first-order valence-corrected chi connectivity index (χ1v) is 19.8. The number of nitrogens with zero attached hydrogens (tertiary/aromatic N) is 2. The average molecular weight is 719 g/mol. The molecule has 0 N–H and O–H groups in total. The van der Waals surface area contributed by atoms with Gasteiger partial charge in [0.1, 0.15) is 0 Å². The molecular weight excluding hydrogens is 677 g/mol. The number of rotatable bonds is 2. The quantitative estimate of drug-likeness (QED) is 0.176. The molecule has 3 aliphatic rings. The first-order chi connectivity index (χ1) is 27.3. The summed E-state index contributed by atoms with van der Waals surface area (Å²) in [4.78, 5) is 4.98. The largest absolute Gasteiger partial charge is 0.310 e. The predicted molar refractivity (Wildman–Crippen MR) is 235 cm³/mol. The average Bonchev–Trinajstić information content (AvgIpc) is 3.24. The van der Waals surface area contributed by atoms with Gasteiger partial charge in [-0.25, -0.2) is 0 Å². The molecular formula is C54H42N2. The van der Waals surface area contributed by atoms with E-state index in [1.54, 1.807) is 0 Å². The topological polar surface area (TPSA) is 6.48 Å². The second-order valence-corrected chi connectivity index (χ2v) is 16.5. The van der Waals surface area contributed by atoms with Crippen LogP contribution in [0.25, 0.3) is 44.5 Å². The van der Waals surface area contributed by atoms with Gasteiger partial charge in [-0.05, 0) is 115 Å². The molecule has 0 atom stereocenters. The third kappa shape index (κ3) is 4.56. The molecule has 0 aromatic heterocycles. The molecule has 1 aliphatic carbocycles. The zero-order valence-electron chi connectivity index (χ0n) is 32.2. The Morgan fingerprint density at radius 2 is 0.571 bits per heavy atom. The number of para-hydroxylation sites is 3. The lowest BCUT2D eigenvalue weighted by Crippen LogP contribution is -2.32. The second kappa shape index (κ2) is 11.9. The van der Waals surface area contributed by atoms with Gasteiger partial charge in [0.05, 0.1) is 22.7 Å². The van der Waals surface area contributed by atoms with Crippen molar-refractivity contribution in [1.29, 1.82) is 0 Å². The SMILES string of the molecule is CC1(C)c2ccccc2N(c2ccc3c(c2)C(C)(C)c2ccccc2N3c2ccc3c(c2)-c2ccccc2-c2ccccc2-c2ccccc2-3)c2ccccc21. The lowest BCUT2D eigenvalue weighted by molar-refractivity contribution is 0.628. The van der Waals surface area contributed by atoms with Crippen LogP contribution in [0.4, 0.5) is 34.1 Å². The van der Waals surface area contributed by atoms with Gasteiger partial charge in [-0.3, -0.25) is 0 Å². The van der Waals surface area contributed by atoms with Crippen LogP contribution in [0, 0.1) is 0 Å². The zero-order chi connectivity index (χ0) is 37.8. The highest BCUT2D eigenvalue weighted by Gasteiger charge is 2.40. The fraction of sp³-hybridized carbons (Fsp3) is 0.111. The molecule has 8 aromatic rings. The van der Waals surface area contributed by atoms with Crippen molar-refractivity contribution >= 4 is 34.1 Å². The van der Waals surface area contributed by atoms with Gasteiger partial charge < -0.3 is 9.80 Å². The third-order valence-corrected chi connectivity index (χ3v) is 12.8. The van der Waals surface area contributed by atoms with Crippen molar-refractivity contribution in [2.75, 3.05) is 9.80 Å². The van der Waals surface area contributed by atoms with Crippen molar-refractivity contribution in [3.63, 3.8) is 0 Å².